The standard InChI is InChI=1S/C10H18N2O4/c1-5(10(15)16)6(2)12-9(14)7(3)11-8(4)13/h5-7H,1-4H3,(H,11,13)(H,12,14)(H,15,16). The molecule has 3 unspecified atom stereocenters. The fourth-order valence-electron chi connectivity index (χ4n) is 1.06. The Hall–Kier alpha value is -1.59. The van der Waals surface area contributed by atoms with Gasteiger partial charge < -0.3 is 15.7 Å². The van der Waals surface area contributed by atoms with E-state index in [1.165, 1.54) is 20.8 Å². The van der Waals surface area contributed by atoms with E-state index in [1.54, 1.807) is 6.92 Å². The lowest BCUT2D eigenvalue weighted by Gasteiger charge is -2.20. The molecule has 0 saturated carbocycles. The highest BCUT2D eigenvalue weighted by molar-refractivity contribution is 5.87. The number of carboxylic acids is 1. The molecule has 6 nitrogen and oxygen atoms in total. The number of hydrogen-bond donors (Lipinski definition) is 3. The van der Waals surface area contributed by atoms with Crippen molar-refractivity contribution in [1.82, 2.24) is 10.6 Å². The average molecular weight is 230 g/mol. The maximum absolute atomic E-state index is 11.5. The first-order valence-corrected chi connectivity index (χ1v) is 5.06. The molecule has 0 aliphatic rings. The molecular formula is C10H18N2O4. The molecule has 16 heavy (non-hydrogen) atoms. The van der Waals surface area contributed by atoms with E-state index in [9.17, 15) is 14.4 Å². The quantitative estimate of drug-likeness (QED) is 0.606. The molecule has 0 radical (unpaired) electrons. The van der Waals surface area contributed by atoms with Gasteiger partial charge in [-0.3, -0.25) is 14.4 Å². The number of carbonyl (C=O) groups is 3. The zero-order chi connectivity index (χ0) is 12.9. The third-order valence-electron chi connectivity index (χ3n) is 2.32. The largest absolute Gasteiger partial charge is 0.481 e. The first-order valence-electron chi connectivity index (χ1n) is 5.06. The summed E-state index contributed by atoms with van der Waals surface area (Å²) < 4.78 is 0. The van der Waals surface area contributed by atoms with E-state index >= 15 is 0 Å². The lowest BCUT2D eigenvalue weighted by molar-refractivity contribution is -0.142. The SMILES string of the molecule is CC(=O)NC(C)C(=O)NC(C)C(C)C(=O)O. The number of amides is 2. The average Bonchev–Trinajstić information content (AvgIpc) is 2.14. The molecule has 92 valence electrons. The molecule has 6 heteroatoms. The van der Waals surface area contributed by atoms with Crippen molar-refractivity contribution in [3.8, 4) is 0 Å². The summed E-state index contributed by atoms with van der Waals surface area (Å²) in [6, 6.07) is -1.15. The Bertz CT molecular complexity index is 291. The Morgan fingerprint density at radius 1 is 1.06 bits per heavy atom. The van der Waals surface area contributed by atoms with Crippen LogP contribution in [0.25, 0.3) is 0 Å². The molecule has 0 aromatic heterocycles. The van der Waals surface area contributed by atoms with Crippen molar-refractivity contribution in [3.63, 3.8) is 0 Å². The summed E-state index contributed by atoms with van der Waals surface area (Å²) >= 11 is 0. The Labute approximate surface area is 94.4 Å². The predicted molar refractivity (Wildman–Crippen MR) is 57.7 cm³/mol. The zero-order valence-electron chi connectivity index (χ0n) is 9.90. The minimum atomic E-state index is -0.972. The van der Waals surface area contributed by atoms with Crippen LogP contribution in [0.3, 0.4) is 0 Å². The first kappa shape index (κ1) is 14.4. The van der Waals surface area contributed by atoms with Crippen LogP contribution in [0.2, 0.25) is 0 Å². The molecule has 0 rings (SSSR count). The van der Waals surface area contributed by atoms with Gasteiger partial charge in [-0.1, -0.05) is 0 Å². The van der Waals surface area contributed by atoms with Crippen LogP contribution < -0.4 is 10.6 Å². The summed E-state index contributed by atoms with van der Waals surface area (Å²) in [6.07, 6.45) is 0. The number of nitrogens with one attached hydrogen (secondary N) is 2. The van der Waals surface area contributed by atoms with Gasteiger partial charge in [-0.05, 0) is 20.8 Å². The first-order chi connectivity index (χ1) is 7.25. The molecule has 2 amide bonds. The molecule has 0 spiro atoms. The van der Waals surface area contributed by atoms with E-state index < -0.39 is 29.9 Å². The molecule has 0 heterocycles. The molecule has 0 saturated heterocycles. The number of carboxylic acid groups (broad SMARTS) is 1. The molecule has 0 bridgehead atoms. The molecule has 3 N–H and O–H groups in total. The smallest absolute Gasteiger partial charge is 0.308 e. The van der Waals surface area contributed by atoms with Crippen LogP contribution in [-0.2, 0) is 14.4 Å². The Morgan fingerprint density at radius 2 is 1.56 bits per heavy atom. The lowest BCUT2D eigenvalue weighted by atomic mass is 10.0. The monoisotopic (exact) mass is 230 g/mol. The van der Waals surface area contributed by atoms with E-state index in [-0.39, 0.29) is 5.91 Å². The van der Waals surface area contributed by atoms with Crippen LogP contribution in [-0.4, -0.2) is 35.0 Å². The highest BCUT2D eigenvalue weighted by Gasteiger charge is 2.23. The van der Waals surface area contributed by atoms with Gasteiger partial charge in [0.2, 0.25) is 11.8 Å². The summed E-state index contributed by atoms with van der Waals surface area (Å²) in [5, 5.41) is 13.7. The third kappa shape index (κ3) is 4.77. The Balaban J connectivity index is 4.23. The van der Waals surface area contributed by atoms with Crippen molar-refractivity contribution < 1.29 is 19.5 Å². The second kappa shape index (κ2) is 6.09. The van der Waals surface area contributed by atoms with Crippen molar-refractivity contribution >= 4 is 17.8 Å². The van der Waals surface area contributed by atoms with Crippen molar-refractivity contribution in [2.24, 2.45) is 5.92 Å². The highest BCUT2D eigenvalue weighted by Crippen LogP contribution is 2.02. The normalized spacial score (nSPS) is 15.8. The highest BCUT2D eigenvalue weighted by atomic mass is 16.4. The minimum Gasteiger partial charge on any atom is -0.481 e. The van der Waals surface area contributed by atoms with Crippen molar-refractivity contribution in [2.45, 2.75) is 39.8 Å². The number of hydrogen-bond acceptors (Lipinski definition) is 3. The van der Waals surface area contributed by atoms with E-state index in [0.717, 1.165) is 0 Å². The van der Waals surface area contributed by atoms with Gasteiger partial charge in [-0.25, -0.2) is 0 Å². The minimum absolute atomic E-state index is 0.304. The van der Waals surface area contributed by atoms with Crippen LogP contribution in [0.5, 0.6) is 0 Å². The van der Waals surface area contributed by atoms with Gasteiger partial charge in [0.25, 0.3) is 0 Å². The molecule has 0 fully saturated rings. The maximum Gasteiger partial charge on any atom is 0.308 e. The second-order valence-electron chi connectivity index (χ2n) is 3.85. The number of rotatable bonds is 5. The van der Waals surface area contributed by atoms with E-state index in [2.05, 4.69) is 10.6 Å². The van der Waals surface area contributed by atoms with Crippen molar-refractivity contribution in [1.29, 1.82) is 0 Å². The van der Waals surface area contributed by atoms with E-state index in [4.69, 9.17) is 5.11 Å². The van der Waals surface area contributed by atoms with Crippen LogP contribution in [0.4, 0.5) is 0 Å². The van der Waals surface area contributed by atoms with E-state index in [0.29, 0.717) is 0 Å². The molecule has 0 aliphatic carbocycles. The van der Waals surface area contributed by atoms with Gasteiger partial charge in [-0.2, -0.15) is 0 Å². The summed E-state index contributed by atoms with van der Waals surface area (Å²) in [7, 11) is 0. The van der Waals surface area contributed by atoms with Crippen LogP contribution in [0, 0.1) is 5.92 Å². The van der Waals surface area contributed by atoms with Gasteiger partial charge in [0.15, 0.2) is 0 Å². The summed E-state index contributed by atoms with van der Waals surface area (Å²) in [4.78, 5) is 32.8. The third-order valence-corrected chi connectivity index (χ3v) is 2.32. The van der Waals surface area contributed by atoms with Gasteiger partial charge in [0.1, 0.15) is 6.04 Å². The van der Waals surface area contributed by atoms with Crippen LogP contribution in [0.15, 0.2) is 0 Å². The molecule has 0 aromatic rings. The molecular weight excluding hydrogens is 212 g/mol. The number of aliphatic carboxylic acids is 1. The summed E-state index contributed by atoms with van der Waals surface area (Å²) in [5.41, 5.74) is 0. The molecule has 0 aromatic carbocycles. The topological polar surface area (TPSA) is 95.5 Å². The fourth-order valence-corrected chi connectivity index (χ4v) is 1.06. The van der Waals surface area contributed by atoms with E-state index in [1.807, 2.05) is 0 Å². The van der Waals surface area contributed by atoms with Gasteiger partial charge in [0.05, 0.1) is 5.92 Å². The van der Waals surface area contributed by atoms with Gasteiger partial charge in [0, 0.05) is 13.0 Å². The second-order valence-corrected chi connectivity index (χ2v) is 3.85. The zero-order valence-corrected chi connectivity index (χ0v) is 9.90. The maximum atomic E-state index is 11.5. The summed E-state index contributed by atoms with van der Waals surface area (Å²) in [6.45, 7) is 5.97. The Morgan fingerprint density at radius 3 is 1.94 bits per heavy atom. The molecule has 3 atom stereocenters. The van der Waals surface area contributed by atoms with Crippen LogP contribution >= 0.6 is 0 Å². The van der Waals surface area contributed by atoms with Crippen LogP contribution in [0.1, 0.15) is 27.7 Å². The Kier molecular flexibility index (Phi) is 5.49. The fraction of sp³-hybridized carbons (Fsp3) is 0.700. The lowest BCUT2D eigenvalue weighted by Crippen LogP contribution is -2.49. The molecule has 0 aliphatic heterocycles. The van der Waals surface area contributed by atoms with Crippen molar-refractivity contribution in [3.05, 3.63) is 0 Å². The predicted octanol–water partition coefficient (Wildman–Crippen LogP) is -0.264. The van der Waals surface area contributed by atoms with Crippen molar-refractivity contribution in [2.75, 3.05) is 0 Å². The summed E-state index contributed by atoms with van der Waals surface area (Å²) in [5.74, 6) is -2.34. The van der Waals surface area contributed by atoms with Gasteiger partial charge >= 0.3 is 5.97 Å². The number of carbonyl (C=O) groups excluding carboxylic acids is 2. The van der Waals surface area contributed by atoms with Gasteiger partial charge in [-0.15, -0.1) is 0 Å².